The van der Waals surface area contributed by atoms with Crippen molar-refractivity contribution in [2.45, 2.75) is 26.6 Å². The van der Waals surface area contributed by atoms with Crippen LogP contribution in [0.4, 0.5) is 0 Å². The van der Waals surface area contributed by atoms with Crippen molar-refractivity contribution in [2.24, 2.45) is 0 Å². The Bertz CT molecular complexity index is 544. The van der Waals surface area contributed by atoms with Gasteiger partial charge >= 0.3 is 0 Å². The molecule has 0 aliphatic heterocycles. The zero-order chi connectivity index (χ0) is 13.8. The summed E-state index contributed by atoms with van der Waals surface area (Å²) in [4.78, 5) is 0. The number of phenols is 1. The zero-order valence-corrected chi connectivity index (χ0v) is 11.1. The first-order chi connectivity index (χ1) is 9.06. The first-order valence-corrected chi connectivity index (χ1v) is 6.25. The van der Waals surface area contributed by atoms with E-state index in [1.807, 2.05) is 37.3 Å². The highest BCUT2D eigenvalue weighted by Gasteiger charge is 2.09. The summed E-state index contributed by atoms with van der Waals surface area (Å²) in [5, 5.41) is 19.0. The molecular formula is C16H18O3. The molecule has 0 heterocycles. The summed E-state index contributed by atoms with van der Waals surface area (Å²) in [5.74, 6) is 0.928. The van der Waals surface area contributed by atoms with E-state index in [1.165, 1.54) is 0 Å². The lowest BCUT2D eigenvalue weighted by molar-refractivity contribution is 0.190. The van der Waals surface area contributed by atoms with E-state index in [0.29, 0.717) is 12.4 Å². The Labute approximate surface area is 113 Å². The van der Waals surface area contributed by atoms with Crippen LogP contribution in [0.3, 0.4) is 0 Å². The molecule has 100 valence electrons. The summed E-state index contributed by atoms with van der Waals surface area (Å²) < 4.78 is 5.74. The summed E-state index contributed by atoms with van der Waals surface area (Å²) in [6.45, 7) is 4.11. The van der Waals surface area contributed by atoms with Gasteiger partial charge in [-0.3, -0.25) is 0 Å². The standard InChI is InChI=1S/C16H18O3/c1-11-3-8-16(15(9-11)12(2)17)19-10-13-4-6-14(18)7-5-13/h3-9,12,17-18H,10H2,1-2H3/t12-/m1/s1. The lowest BCUT2D eigenvalue weighted by Gasteiger charge is -2.14. The van der Waals surface area contributed by atoms with Gasteiger partial charge in [0.2, 0.25) is 0 Å². The number of hydrogen-bond acceptors (Lipinski definition) is 3. The van der Waals surface area contributed by atoms with Gasteiger partial charge in [0.05, 0.1) is 6.10 Å². The number of phenolic OH excluding ortho intramolecular Hbond substituents is 1. The van der Waals surface area contributed by atoms with Gasteiger partial charge in [-0.1, -0.05) is 23.8 Å². The van der Waals surface area contributed by atoms with Gasteiger partial charge < -0.3 is 14.9 Å². The largest absolute Gasteiger partial charge is 0.508 e. The van der Waals surface area contributed by atoms with Crippen molar-refractivity contribution < 1.29 is 14.9 Å². The number of aliphatic hydroxyl groups excluding tert-OH is 1. The van der Waals surface area contributed by atoms with Gasteiger partial charge in [0.15, 0.2) is 0 Å². The molecule has 0 aromatic heterocycles. The Balaban J connectivity index is 2.13. The first kappa shape index (κ1) is 13.4. The molecule has 19 heavy (non-hydrogen) atoms. The van der Waals surface area contributed by atoms with E-state index in [1.54, 1.807) is 19.1 Å². The molecule has 0 amide bonds. The van der Waals surface area contributed by atoms with Crippen molar-refractivity contribution >= 4 is 0 Å². The van der Waals surface area contributed by atoms with Crippen LogP contribution in [-0.2, 0) is 6.61 Å². The fourth-order valence-electron chi connectivity index (χ4n) is 1.88. The Morgan fingerprint density at radius 2 is 1.79 bits per heavy atom. The summed E-state index contributed by atoms with van der Waals surface area (Å²) in [7, 11) is 0. The second kappa shape index (κ2) is 5.76. The molecule has 0 spiro atoms. The molecule has 0 saturated heterocycles. The van der Waals surface area contributed by atoms with Crippen LogP contribution in [0, 0.1) is 6.92 Å². The van der Waals surface area contributed by atoms with E-state index >= 15 is 0 Å². The van der Waals surface area contributed by atoms with Crippen LogP contribution in [0.5, 0.6) is 11.5 Å². The number of ether oxygens (including phenoxy) is 1. The topological polar surface area (TPSA) is 49.7 Å². The highest BCUT2D eigenvalue weighted by atomic mass is 16.5. The van der Waals surface area contributed by atoms with Crippen LogP contribution in [0.1, 0.15) is 29.7 Å². The fourth-order valence-corrected chi connectivity index (χ4v) is 1.88. The summed E-state index contributed by atoms with van der Waals surface area (Å²) >= 11 is 0. The number of aryl methyl sites for hydroxylation is 1. The average molecular weight is 258 g/mol. The summed E-state index contributed by atoms with van der Waals surface area (Å²) in [6, 6.07) is 12.6. The van der Waals surface area contributed by atoms with Crippen LogP contribution < -0.4 is 4.74 Å². The predicted octanol–water partition coefficient (Wildman–Crippen LogP) is 3.33. The number of rotatable bonds is 4. The molecule has 0 saturated carbocycles. The molecule has 0 unspecified atom stereocenters. The Hall–Kier alpha value is -2.00. The van der Waals surface area contributed by atoms with Crippen LogP contribution in [0.25, 0.3) is 0 Å². The maximum atomic E-state index is 9.75. The molecule has 1 atom stereocenters. The van der Waals surface area contributed by atoms with Crippen LogP contribution >= 0.6 is 0 Å². The molecule has 2 rings (SSSR count). The molecule has 2 aromatic rings. The minimum Gasteiger partial charge on any atom is -0.508 e. The Morgan fingerprint density at radius 3 is 2.42 bits per heavy atom. The minimum atomic E-state index is -0.560. The highest BCUT2D eigenvalue weighted by Crippen LogP contribution is 2.27. The van der Waals surface area contributed by atoms with Crippen molar-refractivity contribution in [3.05, 3.63) is 59.2 Å². The van der Waals surface area contributed by atoms with E-state index in [4.69, 9.17) is 4.74 Å². The van der Waals surface area contributed by atoms with E-state index in [0.717, 1.165) is 16.7 Å². The van der Waals surface area contributed by atoms with Gasteiger partial charge in [-0.25, -0.2) is 0 Å². The Morgan fingerprint density at radius 1 is 1.11 bits per heavy atom. The number of aliphatic hydroxyl groups is 1. The molecule has 0 radical (unpaired) electrons. The maximum absolute atomic E-state index is 9.75. The van der Waals surface area contributed by atoms with E-state index < -0.39 is 6.10 Å². The molecular weight excluding hydrogens is 240 g/mol. The van der Waals surface area contributed by atoms with Crippen molar-refractivity contribution in [1.29, 1.82) is 0 Å². The summed E-state index contributed by atoms with van der Waals surface area (Å²) in [6.07, 6.45) is -0.560. The maximum Gasteiger partial charge on any atom is 0.125 e. The normalized spacial score (nSPS) is 12.2. The second-order valence-electron chi connectivity index (χ2n) is 4.67. The van der Waals surface area contributed by atoms with E-state index in [-0.39, 0.29) is 5.75 Å². The van der Waals surface area contributed by atoms with Gasteiger partial charge in [0, 0.05) is 5.56 Å². The minimum absolute atomic E-state index is 0.240. The molecule has 0 aliphatic rings. The molecule has 0 bridgehead atoms. The van der Waals surface area contributed by atoms with Gasteiger partial charge in [-0.2, -0.15) is 0 Å². The van der Waals surface area contributed by atoms with Gasteiger partial charge in [0.1, 0.15) is 18.1 Å². The summed E-state index contributed by atoms with van der Waals surface area (Å²) in [5.41, 5.74) is 2.85. The van der Waals surface area contributed by atoms with Crippen LogP contribution in [-0.4, -0.2) is 10.2 Å². The lowest BCUT2D eigenvalue weighted by atomic mass is 10.1. The first-order valence-electron chi connectivity index (χ1n) is 6.25. The smallest absolute Gasteiger partial charge is 0.125 e. The third kappa shape index (κ3) is 3.48. The molecule has 3 nitrogen and oxygen atoms in total. The van der Waals surface area contributed by atoms with Crippen molar-refractivity contribution in [3.63, 3.8) is 0 Å². The fraction of sp³-hybridized carbons (Fsp3) is 0.250. The molecule has 2 N–H and O–H groups in total. The van der Waals surface area contributed by atoms with E-state index in [2.05, 4.69) is 0 Å². The molecule has 3 heteroatoms. The van der Waals surface area contributed by atoms with Crippen molar-refractivity contribution in [2.75, 3.05) is 0 Å². The molecule has 0 aliphatic carbocycles. The van der Waals surface area contributed by atoms with Gasteiger partial charge in [-0.15, -0.1) is 0 Å². The number of aromatic hydroxyl groups is 1. The van der Waals surface area contributed by atoms with Crippen molar-refractivity contribution in [3.8, 4) is 11.5 Å². The molecule has 2 aromatic carbocycles. The lowest BCUT2D eigenvalue weighted by Crippen LogP contribution is -2.01. The van der Waals surface area contributed by atoms with Crippen molar-refractivity contribution in [1.82, 2.24) is 0 Å². The monoisotopic (exact) mass is 258 g/mol. The van der Waals surface area contributed by atoms with Gasteiger partial charge in [0.25, 0.3) is 0 Å². The van der Waals surface area contributed by atoms with Crippen LogP contribution in [0.2, 0.25) is 0 Å². The zero-order valence-electron chi connectivity index (χ0n) is 11.1. The second-order valence-corrected chi connectivity index (χ2v) is 4.67. The average Bonchev–Trinajstić information content (AvgIpc) is 2.39. The van der Waals surface area contributed by atoms with Gasteiger partial charge in [-0.05, 0) is 43.7 Å². The third-order valence-corrected chi connectivity index (χ3v) is 2.95. The quantitative estimate of drug-likeness (QED) is 0.884. The van der Waals surface area contributed by atoms with Crippen LogP contribution in [0.15, 0.2) is 42.5 Å². The number of hydrogen-bond donors (Lipinski definition) is 2. The third-order valence-electron chi connectivity index (χ3n) is 2.95. The SMILES string of the molecule is Cc1ccc(OCc2ccc(O)cc2)c([C@@H](C)O)c1. The Kier molecular flexibility index (Phi) is 4.07. The highest BCUT2D eigenvalue weighted by molar-refractivity contribution is 5.38. The van der Waals surface area contributed by atoms with E-state index in [9.17, 15) is 10.2 Å². The predicted molar refractivity (Wildman–Crippen MR) is 74.3 cm³/mol. The number of benzene rings is 2. The molecule has 0 fully saturated rings.